The maximum absolute atomic E-state index is 12.9. The van der Waals surface area contributed by atoms with Crippen LogP contribution in [0.25, 0.3) is 0 Å². The molecule has 1 aromatic rings. The Morgan fingerprint density at radius 1 is 1.04 bits per heavy atom. The van der Waals surface area contributed by atoms with Gasteiger partial charge in [-0.15, -0.1) is 0 Å². The van der Waals surface area contributed by atoms with Gasteiger partial charge < -0.3 is 4.74 Å². The molecule has 0 aromatic heterocycles. The highest BCUT2D eigenvalue weighted by molar-refractivity contribution is 6.08. The van der Waals surface area contributed by atoms with E-state index >= 15 is 0 Å². The Kier molecular flexibility index (Phi) is 2.96. The molecule has 6 rings (SSSR count). The zero-order valence-corrected chi connectivity index (χ0v) is 13.3. The van der Waals surface area contributed by atoms with Gasteiger partial charge in [-0.1, -0.05) is 12.2 Å². The minimum absolute atomic E-state index is 0.134. The summed E-state index contributed by atoms with van der Waals surface area (Å²) in [6.07, 6.45) is 5.28. The Labute approximate surface area is 143 Å². The van der Waals surface area contributed by atoms with Crippen molar-refractivity contribution < 1.29 is 23.5 Å². The zero-order valence-electron chi connectivity index (χ0n) is 13.3. The summed E-state index contributed by atoms with van der Waals surface area (Å²) >= 11 is 0. The molecule has 5 aliphatic rings. The number of carbonyl (C=O) groups excluding carboxylic acids is 3. The van der Waals surface area contributed by atoms with Gasteiger partial charge in [-0.25, -0.2) is 9.18 Å². The average Bonchev–Trinajstić information content (AvgIpc) is 3.38. The first kappa shape index (κ1) is 14.8. The van der Waals surface area contributed by atoms with Crippen LogP contribution < -0.4 is 4.74 Å². The lowest BCUT2D eigenvalue weighted by Gasteiger charge is -2.37. The number of imide groups is 1. The molecular formula is C19H16FNO4. The molecule has 4 aliphatic carbocycles. The molecule has 25 heavy (non-hydrogen) atoms. The number of esters is 1. The molecule has 1 heterocycles. The molecule has 0 N–H and O–H groups in total. The third kappa shape index (κ3) is 2.09. The lowest BCUT2D eigenvalue weighted by atomic mass is 9.63. The van der Waals surface area contributed by atoms with E-state index in [1.807, 2.05) is 0 Å². The highest BCUT2D eigenvalue weighted by Gasteiger charge is 2.67. The van der Waals surface area contributed by atoms with E-state index in [0.29, 0.717) is 11.8 Å². The molecule has 5 nitrogen and oxygen atoms in total. The number of halogens is 1. The van der Waals surface area contributed by atoms with E-state index in [1.54, 1.807) is 0 Å². The van der Waals surface area contributed by atoms with Crippen molar-refractivity contribution in [2.75, 3.05) is 6.54 Å². The lowest BCUT2D eigenvalue weighted by Crippen LogP contribution is -2.40. The minimum atomic E-state index is -0.697. The Morgan fingerprint density at radius 2 is 1.60 bits per heavy atom. The van der Waals surface area contributed by atoms with E-state index < -0.39 is 18.3 Å². The van der Waals surface area contributed by atoms with Gasteiger partial charge in [0, 0.05) is 0 Å². The van der Waals surface area contributed by atoms with E-state index in [1.165, 1.54) is 24.3 Å². The van der Waals surface area contributed by atoms with Crippen molar-refractivity contribution in [2.45, 2.75) is 6.42 Å². The fraction of sp³-hybridized carbons (Fsp3) is 0.421. The molecule has 3 fully saturated rings. The molecule has 2 bridgehead atoms. The third-order valence-electron chi connectivity index (χ3n) is 6.09. The Morgan fingerprint density at radius 3 is 2.16 bits per heavy atom. The van der Waals surface area contributed by atoms with E-state index in [4.69, 9.17) is 4.74 Å². The van der Waals surface area contributed by atoms with Gasteiger partial charge in [0.2, 0.25) is 11.8 Å². The van der Waals surface area contributed by atoms with Crippen LogP contribution in [0.2, 0.25) is 0 Å². The van der Waals surface area contributed by atoms with Gasteiger partial charge in [0.1, 0.15) is 18.1 Å². The molecule has 6 heteroatoms. The number of amides is 2. The molecule has 2 saturated carbocycles. The smallest absolute Gasteiger partial charge is 0.331 e. The number of nitrogens with zero attached hydrogens (tertiary/aromatic N) is 1. The fourth-order valence-electron chi connectivity index (χ4n) is 4.97. The number of benzene rings is 1. The molecule has 0 spiro atoms. The van der Waals surface area contributed by atoms with E-state index in [2.05, 4.69) is 12.2 Å². The molecule has 0 radical (unpaired) electrons. The number of carbonyl (C=O) groups is 3. The quantitative estimate of drug-likeness (QED) is 0.364. The Hall–Kier alpha value is -2.50. The van der Waals surface area contributed by atoms with Crippen LogP contribution in [0.3, 0.4) is 0 Å². The summed E-state index contributed by atoms with van der Waals surface area (Å²) in [5.41, 5.74) is 0. The summed E-state index contributed by atoms with van der Waals surface area (Å²) in [6.45, 7) is -0.392. The van der Waals surface area contributed by atoms with Gasteiger partial charge >= 0.3 is 5.97 Å². The van der Waals surface area contributed by atoms with Crippen LogP contribution in [-0.2, 0) is 14.4 Å². The molecule has 0 unspecified atom stereocenters. The van der Waals surface area contributed by atoms with E-state index in [9.17, 15) is 18.8 Å². The highest BCUT2D eigenvalue weighted by atomic mass is 19.1. The second-order valence-electron chi connectivity index (χ2n) is 7.35. The number of rotatable bonds is 3. The molecule has 1 saturated heterocycles. The molecule has 1 aromatic carbocycles. The maximum Gasteiger partial charge on any atom is 0.331 e. The predicted octanol–water partition coefficient (Wildman–Crippen LogP) is 1.78. The molecule has 2 amide bonds. The predicted molar refractivity (Wildman–Crippen MR) is 83.5 cm³/mol. The van der Waals surface area contributed by atoms with Crippen LogP contribution >= 0.6 is 0 Å². The fourth-order valence-corrected chi connectivity index (χ4v) is 4.97. The third-order valence-corrected chi connectivity index (χ3v) is 6.09. The summed E-state index contributed by atoms with van der Waals surface area (Å²) in [6, 6.07) is 5.02. The highest BCUT2D eigenvalue weighted by Crippen LogP contribution is 2.65. The zero-order chi connectivity index (χ0) is 17.3. The van der Waals surface area contributed by atoms with Crippen molar-refractivity contribution in [1.82, 2.24) is 4.90 Å². The number of hydrogen-bond donors (Lipinski definition) is 0. The van der Waals surface area contributed by atoms with Crippen molar-refractivity contribution in [2.24, 2.45) is 35.5 Å². The largest absolute Gasteiger partial charge is 0.425 e. The first-order chi connectivity index (χ1) is 12.0. The van der Waals surface area contributed by atoms with Gasteiger partial charge in [-0.2, -0.15) is 0 Å². The molecule has 1 aliphatic heterocycles. The SMILES string of the molecule is O=C(CN1C(=O)[C@@H]2[C@@H]3C=C[C@H]([C@H]4C[C@H]34)[C@@H]2C1=O)Oc1ccc(F)cc1. The van der Waals surface area contributed by atoms with Crippen LogP contribution in [0.5, 0.6) is 5.75 Å². The van der Waals surface area contributed by atoms with Crippen molar-refractivity contribution in [1.29, 1.82) is 0 Å². The molecular weight excluding hydrogens is 325 g/mol. The maximum atomic E-state index is 12.9. The topological polar surface area (TPSA) is 63.7 Å². The first-order valence-electron chi connectivity index (χ1n) is 8.54. The average molecular weight is 341 g/mol. The van der Waals surface area contributed by atoms with Crippen molar-refractivity contribution in [3.63, 3.8) is 0 Å². The molecule has 6 atom stereocenters. The summed E-state index contributed by atoms with van der Waals surface area (Å²) in [5.74, 6) is -0.762. The van der Waals surface area contributed by atoms with Crippen LogP contribution in [0.4, 0.5) is 4.39 Å². The standard InChI is InChI=1S/C19H16FNO4/c20-9-1-3-10(4-2-9)25-15(22)8-21-18(23)16-11-5-6-12(14-7-13(11)14)17(16)19(21)24/h1-6,11-14,16-17H,7-8H2/t11-,12-,13-,14-,16-,17+/m1/s1. The van der Waals surface area contributed by atoms with Crippen molar-refractivity contribution in [3.8, 4) is 5.75 Å². The van der Waals surface area contributed by atoms with E-state index in [-0.39, 0.29) is 41.2 Å². The van der Waals surface area contributed by atoms with Gasteiger partial charge in [0.25, 0.3) is 0 Å². The molecule has 128 valence electrons. The van der Waals surface area contributed by atoms with Crippen LogP contribution in [-0.4, -0.2) is 29.2 Å². The number of allylic oxidation sites excluding steroid dienone is 2. The summed E-state index contributed by atoms with van der Waals surface area (Å²) in [5, 5.41) is 0. The van der Waals surface area contributed by atoms with Gasteiger partial charge in [0.05, 0.1) is 11.8 Å². The minimum Gasteiger partial charge on any atom is -0.425 e. The van der Waals surface area contributed by atoms with Crippen molar-refractivity contribution in [3.05, 3.63) is 42.2 Å². The van der Waals surface area contributed by atoms with Crippen LogP contribution in [0, 0.1) is 41.3 Å². The normalized spacial score (nSPS) is 37.1. The Balaban J connectivity index is 1.32. The summed E-state index contributed by atoms with van der Waals surface area (Å²) < 4.78 is 18.0. The first-order valence-corrected chi connectivity index (χ1v) is 8.54. The van der Waals surface area contributed by atoms with E-state index in [0.717, 1.165) is 11.3 Å². The Bertz CT molecular complexity index is 781. The van der Waals surface area contributed by atoms with Gasteiger partial charge in [-0.3, -0.25) is 14.5 Å². The monoisotopic (exact) mass is 341 g/mol. The second kappa shape index (κ2) is 5.00. The number of likely N-dealkylation sites (tertiary alicyclic amines) is 1. The van der Waals surface area contributed by atoms with Crippen LogP contribution in [0.1, 0.15) is 6.42 Å². The van der Waals surface area contributed by atoms with Crippen LogP contribution in [0.15, 0.2) is 36.4 Å². The summed E-state index contributed by atoms with van der Waals surface area (Å²) in [4.78, 5) is 38.7. The van der Waals surface area contributed by atoms with Crippen molar-refractivity contribution >= 4 is 17.8 Å². The second-order valence-corrected chi connectivity index (χ2v) is 7.35. The van der Waals surface area contributed by atoms with Gasteiger partial charge in [-0.05, 0) is 54.4 Å². The lowest BCUT2D eigenvalue weighted by molar-refractivity contribution is -0.148. The number of hydrogen-bond acceptors (Lipinski definition) is 4. The number of ether oxygens (including phenoxy) is 1. The summed E-state index contributed by atoms with van der Waals surface area (Å²) in [7, 11) is 0. The van der Waals surface area contributed by atoms with Gasteiger partial charge in [0.15, 0.2) is 0 Å².